The predicted octanol–water partition coefficient (Wildman–Crippen LogP) is 12.8. The van der Waals surface area contributed by atoms with Gasteiger partial charge in [0.25, 0.3) is 0 Å². The van der Waals surface area contributed by atoms with E-state index in [1.54, 1.807) is 0 Å². The van der Waals surface area contributed by atoms with Gasteiger partial charge in [-0.15, -0.1) is 11.3 Å². The molecule has 0 amide bonds. The highest BCUT2D eigenvalue weighted by Crippen LogP contribution is 2.46. The molecule has 10 rings (SSSR count). The topological polar surface area (TPSA) is 21.3 Å². The van der Waals surface area contributed by atoms with Gasteiger partial charge in [0.15, 0.2) is 0 Å². The molecule has 7 aromatic carbocycles. The second-order valence-corrected chi connectivity index (χ2v) is 13.3. The van der Waals surface area contributed by atoms with E-state index in [4.69, 9.17) is 4.42 Å². The smallest absolute Gasteiger partial charge is 0.137 e. The number of furan rings is 1. The molecule has 4 heteroatoms. The van der Waals surface area contributed by atoms with Crippen LogP contribution in [0, 0.1) is 6.92 Å². The molecule has 0 unspecified atom stereocenters. The van der Waals surface area contributed by atoms with Gasteiger partial charge in [0.05, 0.1) is 22.1 Å². The third-order valence-electron chi connectivity index (χ3n) is 9.45. The number of rotatable bonds is 4. The van der Waals surface area contributed by atoms with Crippen LogP contribution in [0.3, 0.4) is 0 Å². The number of aromatic nitrogens is 1. The minimum absolute atomic E-state index is 0.883. The average molecular weight is 621 g/mol. The maximum atomic E-state index is 6.39. The Hall–Kier alpha value is -5.84. The van der Waals surface area contributed by atoms with Gasteiger partial charge in [-0.3, -0.25) is 0 Å². The van der Waals surface area contributed by atoms with Gasteiger partial charge in [-0.05, 0) is 79.7 Å². The largest absolute Gasteiger partial charge is 0.456 e. The zero-order valence-electron chi connectivity index (χ0n) is 25.6. The Morgan fingerprint density at radius 1 is 0.511 bits per heavy atom. The molecule has 3 aromatic heterocycles. The van der Waals surface area contributed by atoms with E-state index >= 15 is 0 Å². The molecule has 0 fully saturated rings. The van der Waals surface area contributed by atoms with E-state index in [0.29, 0.717) is 0 Å². The van der Waals surface area contributed by atoms with Crippen LogP contribution in [-0.2, 0) is 0 Å². The van der Waals surface area contributed by atoms with Gasteiger partial charge in [0.1, 0.15) is 11.2 Å². The summed E-state index contributed by atoms with van der Waals surface area (Å²) in [5.74, 6) is 0. The van der Waals surface area contributed by atoms with Gasteiger partial charge in [-0.2, -0.15) is 0 Å². The molecule has 0 N–H and O–H groups in total. The molecule has 10 aromatic rings. The summed E-state index contributed by atoms with van der Waals surface area (Å²) in [5, 5.41) is 7.27. The lowest BCUT2D eigenvalue weighted by atomic mass is 10.1. The van der Waals surface area contributed by atoms with Crippen LogP contribution in [-0.4, -0.2) is 4.57 Å². The summed E-state index contributed by atoms with van der Waals surface area (Å²) in [7, 11) is 0. The lowest BCUT2D eigenvalue weighted by Gasteiger charge is -2.26. The van der Waals surface area contributed by atoms with E-state index in [0.717, 1.165) is 44.7 Å². The number of fused-ring (bicyclic) bond motifs is 9. The van der Waals surface area contributed by atoms with Crippen LogP contribution in [0.5, 0.6) is 0 Å². The number of benzene rings is 7. The zero-order chi connectivity index (χ0) is 31.1. The Bertz CT molecular complexity index is 2820. The average Bonchev–Trinajstić information content (AvgIpc) is 3.78. The summed E-state index contributed by atoms with van der Waals surface area (Å²) in [6.45, 7) is 2.14. The second kappa shape index (κ2) is 10.1. The quantitative estimate of drug-likeness (QED) is 0.195. The van der Waals surface area contributed by atoms with E-state index < -0.39 is 0 Å². The molecule has 0 spiro atoms. The van der Waals surface area contributed by atoms with Crippen molar-refractivity contribution in [3.05, 3.63) is 157 Å². The zero-order valence-corrected chi connectivity index (χ0v) is 26.5. The van der Waals surface area contributed by atoms with E-state index in [2.05, 4.69) is 162 Å². The van der Waals surface area contributed by atoms with E-state index in [1.807, 2.05) is 17.4 Å². The highest BCUT2D eigenvalue weighted by Gasteiger charge is 2.22. The molecule has 0 radical (unpaired) electrons. The number of nitrogens with zero attached hydrogens (tertiary/aromatic N) is 2. The maximum Gasteiger partial charge on any atom is 0.137 e. The molecular weight excluding hydrogens is 593 g/mol. The van der Waals surface area contributed by atoms with Crippen molar-refractivity contribution < 1.29 is 4.42 Å². The molecule has 0 atom stereocenters. The van der Waals surface area contributed by atoms with Gasteiger partial charge in [-0.1, -0.05) is 84.4 Å². The van der Waals surface area contributed by atoms with Crippen LogP contribution in [0.2, 0.25) is 0 Å². The SMILES string of the molecule is Cc1ccc(-n2c3ccccc3c3cc(N(c4ccc5c(c4)sc4ccccc45)c4cccc5oc6ccccc6c45)ccc32)cc1. The van der Waals surface area contributed by atoms with Crippen molar-refractivity contribution in [1.82, 2.24) is 4.57 Å². The summed E-state index contributed by atoms with van der Waals surface area (Å²) < 4.78 is 11.3. The van der Waals surface area contributed by atoms with Crippen LogP contribution in [0.4, 0.5) is 17.1 Å². The Labute approximate surface area is 275 Å². The molecule has 3 nitrogen and oxygen atoms in total. The minimum atomic E-state index is 0.883. The number of para-hydroxylation sites is 2. The van der Waals surface area contributed by atoms with Crippen LogP contribution in [0.15, 0.2) is 156 Å². The number of hydrogen-bond acceptors (Lipinski definition) is 3. The van der Waals surface area contributed by atoms with Gasteiger partial charge in [0.2, 0.25) is 0 Å². The standard InChI is InChI=1S/C43H28N2OS/c1-27-17-19-28(20-18-27)45-36-12-5-2-9-31(36)35-25-29(22-24-37(35)45)44(30-21-23-33-32-10-4-7-16-41(32)47-42(33)26-30)38-13-8-15-40-43(38)34-11-3-6-14-39(34)46-40/h2-26H,1H3. The molecule has 0 saturated carbocycles. The van der Waals surface area contributed by atoms with Crippen molar-refractivity contribution in [2.24, 2.45) is 0 Å². The molecule has 0 bridgehead atoms. The fourth-order valence-electron chi connectivity index (χ4n) is 7.30. The lowest BCUT2D eigenvalue weighted by molar-refractivity contribution is 0.669. The van der Waals surface area contributed by atoms with Crippen LogP contribution in [0.25, 0.3) is 69.6 Å². The normalized spacial score (nSPS) is 11.9. The summed E-state index contributed by atoms with van der Waals surface area (Å²) in [6.07, 6.45) is 0. The lowest BCUT2D eigenvalue weighted by Crippen LogP contribution is -2.10. The van der Waals surface area contributed by atoms with E-state index in [9.17, 15) is 0 Å². The summed E-state index contributed by atoms with van der Waals surface area (Å²) >= 11 is 1.85. The van der Waals surface area contributed by atoms with E-state index in [1.165, 1.54) is 47.5 Å². The molecule has 0 aliphatic rings. The molecule has 0 saturated heterocycles. The first kappa shape index (κ1) is 26.4. The summed E-state index contributed by atoms with van der Waals surface area (Å²) in [6, 6.07) is 54.8. The van der Waals surface area contributed by atoms with Gasteiger partial charge in [-0.25, -0.2) is 0 Å². The summed E-state index contributed by atoms with van der Waals surface area (Å²) in [5.41, 5.74) is 9.89. The van der Waals surface area contributed by atoms with Crippen LogP contribution in [0.1, 0.15) is 5.56 Å². The number of aryl methyl sites for hydroxylation is 1. The van der Waals surface area contributed by atoms with Crippen molar-refractivity contribution in [2.75, 3.05) is 4.90 Å². The fourth-order valence-corrected chi connectivity index (χ4v) is 8.43. The number of anilines is 3. The molecule has 47 heavy (non-hydrogen) atoms. The first-order valence-corrected chi connectivity index (χ1v) is 16.7. The molecule has 0 aliphatic carbocycles. The van der Waals surface area contributed by atoms with Crippen LogP contribution < -0.4 is 4.90 Å². The fraction of sp³-hybridized carbons (Fsp3) is 0.0233. The minimum Gasteiger partial charge on any atom is -0.456 e. The Morgan fingerprint density at radius 2 is 1.19 bits per heavy atom. The first-order valence-electron chi connectivity index (χ1n) is 15.9. The maximum absolute atomic E-state index is 6.39. The van der Waals surface area contributed by atoms with Crippen molar-refractivity contribution in [1.29, 1.82) is 0 Å². The van der Waals surface area contributed by atoms with Crippen molar-refractivity contribution in [3.63, 3.8) is 0 Å². The Balaban J connectivity index is 1.27. The van der Waals surface area contributed by atoms with Crippen molar-refractivity contribution in [2.45, 2.75) is 6.92 Å². The highest BCUT2D eigenvalue weighted by molar-refractivity contribution is 7.25. The molecule has 222 valence electrons. The first-order chi connectivity index (χ1) is 23.2. The highest BCUT2D eigenvalue weighted by atomic mass is 32.1. The third kappa shape index (κ3) is 3.98. The Kier molecular flexibility index (Phi) is 5.66. The van der Waals surface area contributed by atoms with Crippen molar-refractivity contribution >= 4 is 92.3 Å². The van der Waals surface area contributed by atoms with Gasteiger partial charge >= 0.3 is 0 Å². The molecular formula is C43H28N2OS. The number of thiophene rings is 1. The third-order valence-corrected chi connectivity index (χ3v) is 10.6. The molecule has 3 heterocycles. The van der Waals surface area contributed by atoms with E-state index in [-0.39, 0.29) is 0 Å². The van der Waals surface area contributed by atoms with Gasteiger partial charge < -0.3 is 13.9 Å². The second-order valence-electron chi connectivity index (χ2n) is 12.3. The van der Waals surface area contributed by atoms with Crippen LogP contribution >= 0.6 is 11.3 Å². The summed E-state index contributed by atoms with van der Waals surface area (Å²) in [4.78, 5) is 2.41. The Morgan fingerprint density at radius 3 is 2.09 bits per heavy atom. The monoisotopic (exact) mass is 620 g/mol. The predicted molar refractivity (Wildman–Crippen MR) is 200 cm³/mol. The van der Waals surface area contributed by atoms with Gasteiger partial charge in [0, 0.05) is 53.4 Å². The van der Waals surface area contributed by atoms with Crippen molar-refractivity contribution in [3.8, 4) is 5.69 Å². The molecule has 0 aliphatic heterocycles. The number of hydrogen-bond donors (Lipinski definition) is 0.